The van der Waals surface area contributed by atoms with Gasteiger partial charge in [0.15, 0.2) is 0 Å². The SMILES string of the molecule is CCCCCCC(=O)Nc1ccc(C(=O)O)cn1. The quantitative estimate of drug-likeness (QED) is 0.729. The van der Waals surface area contributed by atoms with Crippen LogP contribution in [0.3, 0.4) is 0 Å². The van der Waals surface area contributed by atoms with Crippen molar-refractivity contribution in [1.82, 2.24) is 4.98 Å². The number of nitrogens with one attached hydrogen (secondary N) is 1. The van der Waals surface area contributed by atoms with E-state index < -0.39 is 5.97 Å². The van der Waals surface area contributed by atoms with Crippen LogP contribution in [-0.4, -0.2) is 22.0 Å². The Bertz CT molecular complexity index is 401. The number of aromatic nitrogens is 1. The molecule has 0 aliphatic carbocycles. The Morgan fingerprint density at radius 2 is 2.06 bits per heavy atom. The van der Waals surface area contributed by atoms with Crippen LogP contribution in [0.25, 0.3) is 0 Å². The molecule has 0 fully saturated rings. The highest BCUT2D eigenvalue weighted by atomic mass is 16.4. The summed E-state index contributed by atoms with van der Waals surface area (Å²) in [7, 11) is 0. The van der Waals surface area contributed by atoms with Crippen LogP contribution in [0.4, 0.5) is 5.82 Å². The normalized spacial score (nSPS) is 10.1. The van der Waals surface area contributed by atoms with E-state index in [1.807, 2.05) is 0 Å². The van der Waals surface area contributed by atoms with E-state index in [2.05, 4.69) is 17.2 Å². The number of carbonyl (C=O) groups excluding carboxylic acids is 1. The van der Waals surface area contributed by atoms with Gasteiger partial charge in [-0.1, -0.05) is 26.2 Å². The van der Waals surface area contributed by atoms with Gasteiger partial charge in [-0.25, -0.2) is 9.78 Å². The number of aromatic carboxylic acids is 1. The lowest BCUT2D eigenvalue weighted by molar-refractivity contribution is -0.116. The molecule has 1 aromatic heterocycles. The van der Waals surface area contributed by atoms with Crippen LogP contribution < -0.4 is 5.32 Å². The molecule has 0 aromatic carbocycles. The van der Waals surface area contributed by atoms with Gasteiger partial charge >= 0.3 is 5.97 Å². The Morgan fingerprint density at radius 3 is 2.61 bits per heavy atom. The molecule has 1 amide bonds. The highest BCUT2D eigenvalue weighted by Crippen LogP contribution is 2.07. The lowest BCUT2D eigenvalue weighted by Crippen LogP contribution is -2.12. The Kier molecular flexibility index (Phi) is 5.84. The minimum absolute atomic E-state index is 0.0818. The van der Waals surface area contributed by atoms with E-state index in [1.165, 1.54) is 18.3 Å². The maximum Gasteiger partial charge on any atom is 0.337 e. The van der Waals surface area contributed by atoms with Gasteiger partial charge in [0.05, 0.1) is 5.56 Å². The van der Waals surface area contributed by atoms with Crippen molar-refractivity contribution in [1.29, 1.82) is 0 Å². The fraction of sp³-hybridized carbons (Fsp3) is 0.462. The van der Waals surface area contributed by atoms with Gasteiger partial charge in [0.25, 0.3) is 0 Å². The minimum atomic E-state index is -1.03. The summed E-state index contributed by atoms with van der Waals surface area (Å²) >= 11 is 0. The molecule has 1 rings (SSSR count). The molecule has 0 radical (unpaired) electrons. The van der Waals surface area contributed by atoms with Crippen molar-refractivity contribution in [2.75, 3.05) is 5.32 Å². The summed E-state index contributed by atoms with van der Waals surface area (Å²) in [6, 6.07) is 2.91. The summed E-state index contributed by atoms with van der Waals surface area (Å²) in [5.41, 5.74) is 0.107. The van der Waals surface area contributed by atoms with Gasteiger partial charge in [-0.3, -0.25) is 4.79 Å². The first-order valence-electron chi connectivity index (χ1n) is 6.12. The van der Waals surface area contributed by atoms with Gasteiger partial charge in [0.2, 0.25) is 5.91 Å². The monoisotopic (exact) mass is 250 g/mol. The van der Waals surface area contributed by atoms with Crippen LogP contribution in [0.15, 0.2) is 18.3 Å². The zero-order chi connectivity index (χ0) is 13.4. The van der Waals surface area contributed by atoms with E-state index in [-0.39, 0.29) is 11.5 Å². The van der Waals surface area contributed by atoms with Gasteiger partial charge in [-0.15, -0.1) is 0 Å². The molecule has 18 heavy (non-hydrogen) atoms. The molecule has 0 unspecified atom stereocenters. The number of nitrogens with zero attached hydrogens (tertiary/aromatic N) is 1. The van der Waals surface area contributed by atoms with E-state index in [1.54, 1.807) is 0 Å². The van der Waals surface area contributed by atoms with Crippen LogP contribution in [-0.2, 0) is 4.79 Å². The zero-order valence-electron chi connectivity index (χ0n) is 10.5. The highest BCUT2D eigenvalue weighted by Gasteiger charge is 2.05. The van der Waals surface area contributed by atoms with Crippen LogP contribution in [0.5, 0.6) is 0 Å². The van der Waals surface area contributed by atoms with E-state index >= 15 is 0 Å². The third kappa shape index (κ3) is 4.95. The Morgan fingerprint density at radius 1 is 1.28 bits per heavy atom. The number of carboxylic acid groups (broad SMARTS) is 1. The number of anilines is 1. The minimum Gasteiger partial charge on any atom is -0.478 e. The molecule has 5 nitrogen and oxygen atoms in total. The van der Waals surface area contributed by atoms with Gasteiger partial charge in [-0.05, 0) is 18.6 Å². The number of rotatable bonds is 7. The maximum absolute atomic E-state index is 11.5. The number of hydrogen-bond donors (Lipinski definition) is 2. The lowest BCUT2D eigenvalue weighted by Gasteiger charge is -2.04. The predicted octanol–water partition coefficient (Wildman–Crippen LogP) is 2.69. The van der Waals surface area contributed by atoms with Crippen LogP contribution in [0, 0.1) is 0 Å². The first kappa shape index (κ1) is 14.2. The van der Waals surface area contributed by atoms with Crippen molar-refractivity contribution in [2.24, 2.45) is 0 Å². The topological polar surface area (TPSA) is 79.3 Å². The first-order valence-corrected chi connectivity index (χ1v) is 6.12. The number of amides is 1. The second-order valence-corrected chi connectivity index (χ2v) is 4.10. The van der Waals surface area contributed by atoms with Gasteiger partial charge in [-0.2, -0.15) is 0 Å². The van der Waals surface area contributed by atoms with E-state index in [4.69, 9.17) is 5.11 Å². The summed E-state index contributed by atoms with van der Waals surface area (Å²) in [6.07, 6.45) is 5.90. The van der Waals surface area contributed by atoms with Gasteiger partial charge in [0.1, 0.15) is 5.82 Å². The summed E-state index contributed by atoms with van der Waals surface area (Å²) in [5.74, 6) is -0.720. The van der Waals surface area contributed by atoms with Crippen molar-refractivity contribution in [3.05, 3.63) is 23.9 Å². The maximum atomic E-state index is 11.5. The van der Waals surface area contributed by atoms with Crippen molar-refractivity contribution in [2.45, 2.75) is 39.0 Å². The molecular formula is C13H18N2O3. The molecule has 0 spiro atoms. The molecule has 0 aliphatic heterocycles. The molecule has 0 aliphatic rings. The Labute approximate surface area is 106 Å². The molecule has 1 heterocycles. The third-order valence-electron chi connectivity index (χ3n) is 2.54. The van der Waals surface area contributed by atoms with Crippen LogP contribution in [0.2, 0.25) is 0 Å². The van der Waals surface area contributed by atoms with E-state index in [0.717, 1.165) is 25.7 Å². The summed E-state index contributed by atoms with van der Waals surface area (Å²) < 4.78 is 0. The van der Waals surface area contributed by atoms with Crippen molar-refractivity contribution < 1.29 is 14.7 Å². The third-order valence-corrected chi connectivity index (χ3v) is 2.54. The Hall–Kier alpha value is -1.91. The zero-order valence-corrected chi connectivity index (χ0v) is 10.5. The standard InChI is InChI=1S/C13H18N2O3/c1-2-3-4-5-6-12(16)15-11-8-7-10(9-14-11)13(17)18/h7-9H,2-6H2,1H3,(H,17,18)(H,14,15,16). The molecule has 0 saturated carbocycles. The first-order chi connectivity index (χ1) is 8.63. The number of carboxylic acids is 1. The largest absolute Gasteiger partial charge is 0.478 e. The lowest BCUT2D eigenvalue weighted by atomic mass is 10.1. The average Bonchev–Trinajstić information content (AvgIpc) is 2.35. The molecular weight excluding hydrogens is 232 g/mol. The predicted molar refractivity (Wildman–Crippen MR) is 68.6 cm³/mol. The average molecular weight is 250 g/mol. The molecule has 0 saturated heterocycles. The van der Waals surface area contributed by atoms with Crippen molar-refractivity contribution >= 4 is 17.7 Å². The van der Waals surface area contributed by atoms with Crippen molar-refractivity contribution in [3.8, 4) is 0 Å². The summed E-state index contributed by atoms with van der Waals surface area (Å²) in [6.45, 7) is 2.12. The van der Waals surface area contributed by atoms with Crippen LogP contribution in [0.1, 0.15) is 49.4 Å². The number of hydrogen-bond acceptors (Lipinski definition) is 3. The molecule has 1 aromatic rings. The number of carbonyl (C=O) groups is 2. The molecule has 98 valence electrons. The fourth-order valence-corrected chi connectivity index (χ4v) is 1.51. The highest BCUT2D eigenvalue weighted by molar-refractivity contribution is 5.91. The second-order valence-electron chi connectivity index (χ2n) is 4.10. The fourth-order valence-electron chi connectivity index (χ4n) is 1.51. The molecule has 5 heteroatoms. The smallest absolute Gasteiger partial charge is 0.337 e. The molecule has 0 atom stereocenters. The second kappa shape index (κ2) is 7.42. The summed E-state index contributed by atoms with van der Waals surface area (Å²) in [4.78, 5) is 26.0. The van der Waals surface area contributed by atoms with Crippen LogP contribution >= 0.6 is 0 Å². The molecule has 0 bridgehead atoms. The van der Waals surface area contributed by atoms with E-state index in [9.17, 15) is 9.59 Å². The number of pyridine rings is 1. The number of unbranched alkanes of at least 4 members (excludes halogenated alkanes) is 3. The van der Waals surface area contributed by atoms with Gasteiger partial charge in [0, 0.05) is 12.6 Å². The Balaban J connectivity index is 2.37. The summed E-state index contributed by atoms with van der Waals surface area (Å²) in [5, 5.41) is 11.3. The molecule has 2 N–H and O–H groups in total. The van der Waals surface area contributed by atoms with Gasteiger partial charge < -0.3 is 10.4 Å². The van der Waals surface area contributed by atoms with E-state index in [0.29, 0.717) is 12.2 Å². The van der Waals surface area contributed by atoms with Crippen molar-refractivity contribution in [3.63, 3.8) is 0 Å².